The zero-order valence-corrected chi connectivity index (χ0v) is 17.5. The molecular weight excluding hydrogens is 324 g/mol. The predicted molar refractivity (Wildman–Crippen MR) is 106 cm³/mol. The Bertz CT molecular complexity index is 489. The van der Waals surface area contributed by atoms with E-state index in [1.54, 1.807) is 0 Å². The fourth-order valence-corrected chi connectivity index (χ4v) is 6.38. The van der Waals surface area contributed by atoms with Crippen molar-refractivity contribution in [3.63, 3.8) is 0 Å². The summed E-state index contributed by atoms with van der Waals surface area (Å²) in [7, 11) is 0. The summed E-state index contributed by atoms with van der Waals surface area (Å²) >= 11 is 0. The van der Waals surface area contributed by atoms with E-state index in [1.165, 1.54) is 58.0 Å². The minimum Gasteiger partial charge on any atom is -0.381 e. The standard InChI is InChI=1S/C22H40N2O2/c1-17(2)23-11-8-22(16-23)7-5-6-20(26-22)19-14-21(9-12-25-13-10-21)24(15-19)18(3)4/h17-20H,5-16H2,1-4H3. The Labute approximate surface area is 160 Å². The average molecular weight is 365 g/mol. The molecule has 4 aliphatic rings. The quantitative estimate of drug-likeness (QED) is 0.762. The van der Waals surface area contributed by atoms with E-state index in [0.29, 0.717) is 29.6 Å². The lowest BCUT2D eigenvalue weighted by Gasteiger charge is -2.43. The molecule has 4 saturated heterocycles. The van der Waals surface area contributed by atoms with Crippen LogP contribution in [0.3, 0.4) is 0 Å². The highest BCUT2D eigenvalue weighted by Crippen LogP contribution is 2.47. The number of hydrogen-bond acceptors (Lipinski definition) is 4. The van der Waals surface area contributed by atoms with Crippen molar-refractivity contribution in [2.75, 3.05) is 32.8 Å². The molecule has 0 N–H and O–H groups in total. The van der Waals surface area contributed by atoms with Crippen LogP contribution >= 0.6 is 0 Å². The maximum absolute atomic E-state index is 6.96. The Morgan fingerprint density at radius 1 is 0.962 bits per heavy atom. The number of likely N-dealkylation sites (tertiary alicyclic amines) is 2. The van der Waals surface area contributed by atoms with Crippen LogP contribution in [0.1, 0.15) is 72.6 Å². The molecule has 4 heterocycles. The molecule has 0 saturated carbocycles. The lowest BCUT2D eigenvalue weighted by atomic mass is 9.80. The molecule has 4 aliphatic heterocycles. The molecule has 0 aromatic heterocycles. The summed E-state index contributed by atoms with van der Waals surface area (Å²) in [6.45, 7) is 14.9. The molecule has 0 radical (unpaired) electrons. The fourth-order valence-electron chi connectivity index (χ4n) is 6.38. The van der Waals surface area contributed by atoms with Crippen molar-refractivity contribution >= 4 is 0 Å². The Balaban J connectivity index is 1.46. The molecule has 4 heteroatoms. The summed E-state index contributed by atoms with van der Waals surface area (Å²) < 4.78 is 12.7. The molecule has 0 aliphatic carbocycles. The number of nitrogens with zero attached hydrogens (tertiary/aromatic N) is 2. The molecule has 0 amide bonds. The lowest BCUT2D eigenvalue weighted by Crippen LogP contribution is -2.50. The summed E-state index contributed by atoms with van der Waals surface area (Å²) in [5.41, 5.74) is 0.534. The van der Waals surface area contributed by atoms with Gasteiger partial charge in [-0.15, -0.1) is 0 Å². The molecule has 4 fully saturated rings. The van der Waals surface area contributed by atoms with Gasteiger partial charge in [-0.2, -0.15) is 0 Å². The van der Waals surface area contributed by atoms with Gasteiger partial charge in [-0.3, -0.25) is 9.80 Å². The van der Waals surface area contributed by atoms with Crippen LogP contribution in [0.25, 0.3) is 0 Å². The van der Waals surface area contributed by atoms with Crippen LogP contribution in [0.5, 0.6) is 0 Å². The van der Waals surface area contributed by atoms with Crippen molar-refractivity contribution in [3.05, 3.63) is 0 Å². The van der Waals surface area contributed by atoms with E-state index < -0.39 is 0 Å². The van der Waals surface area contributed by atoms with Crippen LogP contribution in [-0.2, 0) is 9.47 Å². The predicted octanol–water partition coefficient (Wildman–Crippen LogP) is 3.69. The van der Waals surface area contributed by atoms with E-state index in [2.05, 4.69) is 37.5 Å². The summed E-state index contributed by atoms with van der Waals surface area (Å²) in [5.74, 6) is 0.709. The molecule has 150 valence electrons. The maximum atomic E-state index is 6.96. The van der Waals surface area contributed by atoms with E-state index in [9.17, 15) is 0 Å². The largest absolute Gasteiger partial charge is 0.381 e. The van der Waals surface area contributed by atoms with Crippen LogP contribution in [0, 0.1) is 5.92 Å². The molecule has 0 bridgehead atoms. The van der Waals surface area contributed by atoms with Gasteiger partial charge >= 0.3 is 0 Å². The first-order valence-electron chi connectivity index (χ1n) is 11.2. The van der Waals surface area contributed by atoms with Crippen molar-refractivity contribution in [2.24, 2.45) is 5.92 Å². The minimum absolute atomic E-state index is 0.154. The molecule has 0 aromatic carbocycles. The lowest BCUT2D eigenvalue weighted by molar-refractivity contribution is -0.140. The van der Waals surface area contributed by atoms with Gasteiger partial charge in [0.25, 0.3) is 0 Å². The van der Waals surface area contributed by atoms with E-state index in [0.717, 1.165) is 19.8 Å². The third-order valence-electron chi connectivity index (χ3n) is 7.85. The Hall–Kier alpha value is -0.160. The smallest absolute Gasteiger partial charge is 0.0825 e. The Kier molecular flexibility index (Phi) is 5.42. The van der Waals surface area contributed by atoms with Gasteiger partial charge < -0.3 is 9.47 Å². The zero-order valence-electron chi connectivity index (χ0n) is 17.5. The van der Waals surface area contributed by atoms with Crippen LogP contribution in [0.4, 0.5) is 0 Å². The van der Waals surface area contributed by atoms with Gasteiger partial charge in [0.05, 0.1) is 11.7 Å². The molecule has 4 rings (SSSR count). The third kappa shape index (κ3) is 3.47. The summed E-state index contributed by atoms with van der Waals surface area (Å²) in [6.07, 6.45) is 9.34. The summed E-state index contributed by atoms with van der Waals surface area (Å²) in [4.78, 5) is 5.43. The first-order chi connectivity index (χ1) is 12.4. The highest BCUT2D eigenvalue weighted by atomic mass is 16.5. The number of rotatable bonds is 3. The third-order valence-corrected chi connectivity index (χ3v) is 7.85. The first-order valence-corrected chi connectivity index (χ1v) is 11.2. The maximum Gasteiger partial charge on any atom is 0.0825 e. The van der Waals surface area contributed by atoms with Crippen LogP contribution in [-0.4, -0.2) is 72.0 Å². The van der Waals surface area contributed by atoms with Gasteiger partial charge in [-0.1, -0.05) is 0 Å². The van der Waals surface area contributed by atoms with E-state index in [4.69, 9.17) is 9.47 Å². The van der Waals surface area contributed by atoms with Gasteiger partial charge in [-0.25, -0.2) is 0 Å². The van der Waals surface area contributed by atoms with Gasteiger partial charge in [-0.05, 0) is 78.6 Å². The van der Waals surface area contributed by atoms with E-state index >= 15 is 0 Å². The van der Waals surface area contributed by atoms with Gasteiger partial charge in [0, 0.05) is 50.5 Å². The van der Waals surface area contributed by atoms with Gasteiger partial charge in [0.15, 0.2) is 0 Å². The molecular formula is C22H40N2O2. The minimum atomic E-state index is 0.154. The zero-order chi connectivity index (χ0) is 18.4. The van der Waals surface area contributed by atoms with Gasteiger partial charge in [0.1, 0.15) is 0 Å². The highest BCUT2D eigenvalue weighted by molar-refractivity contribution is 5.05. The van der Waals surface area contributed by atoms with Crippen LogP contribution in [0.15, 0.2) is 0 Å². The van der Waals surface area contributed by atoms with Crippen molar-refractivity contribution < 1.29 is 9.47 Å². The van der Waals surface area contributed by atoms with E-state index in [1.807, 2.05) is 0 Å². The Morgan fingerprint density at radius 2 is 1.73 bits per heavy atom. The number of hydrogen-bond donors (Lipinski definition) is 0. The second-order valence-corrected chi connectivity index (χ2v) is 10.1. The van der Waals surface area contributed by atoms with Crippen LogP contribution < -0.4 is 0 Å². The summed E-state index contributed by atoms with van der Waals surface area (Å²) in [6, 6.07) is 1.27. The highest BCUT2D eigenvalue weighted by Gasteiger charge is 2.52. The molecule has 4 nitrogen and oxygen atoms in total. The van der Waals surface area contributed by atoms with Crippen LogP contribution in [0.2, 0.25) is 0 Å². The van der Waals surface area contributed by atoms with Crippen molar-refractivity contribution in [3.8, 4) is 0 Å². The average Bonchev–Trinajstić information content (AvgIpc) is 3.18. The van der Waals surface area contributed by atoms with E-state index in [-0.39, 0.29) is 5.60 Å². The number of ether oxygens (including phenoxy) is 2. The second-order valence-electron chi connectivity index (χ2n) is 10.1. The normalized spacial score (nSPS) is 39.0. The van der Waals surface area contributed by atoms with Crippen molar-refractivity contribution in [1.29, 1.82) is 0 Å². The fraction of sp³-hybridized carbons (Fsp3) is 1.00. The summed E-state index contributed by atoms with van der Waals surface area (Å²) in [5, 5.41) is 0. The van der Waals surface area contributed by atoms with Crippen molar-refractivity contribution in [2.45, 2.75) is 102 Å². The first kappa shape index (κ1) is 19.2. The molecule has 3 unspecified atom stereocenters. The topological polar surface area (TPSA) is 24.9 Å². The Morgan fingerprint density at radius 3 is 2.38 bits per heavy atom. The molecule has 3 atom stereocenters. The second kappa shape index (κ2) is 7.35. The molecule has 2 spiro atoms. The monoisotopic (exact) mass is 364 g/mol. The molecule has 26 heavy (non-hydrogen) atoms. The van der Waals surface area contributed by atoms with Crippen molar-refractivity contribution in [1.82, 2.24) is 9.80 Å². The SMILES string of the molecule is CC(C)N1CCC2(CCCC(C3CN(C(C)C)C4(CCOCC4)C3)O2)C1. The van der Waals surface area contributed by atoms with Gasteiger partial charge in [0.2, 0.25) is 0 Å². The molecule has 0 aromatic rings.